The van der Waals surface area contributed by atoms with Gasteiger partial charge in [0.25, 0.3) is 0 Å². The molecular formula is C23H35Cl2N7O2. The minimum absolute atomic E-state index is 0. The molecule has 0 spiro atoms. The van der Waals surface area contributed by atoms with E-state index in [-0.39, 0.29) is 30.9 Å². The average Bonchev–Trinajstić information content (AvgIpc) is 3.23. The normalized spacial score (nSPS) is 17.6. The van der Waals surface area contributed by atoms with Gasteiger partial charge in [-0.25, -0.2) is 4.98 Å². The monoisotopic (exact) mass is 511 g/mol. The Morgan fingerprint density at radius 1 is 1.09 bits per heavy atom. The Labute approximate surface area is 213 Å². The van der Waals surface area contributed by atoms with Gasteiger partial charge in [0.1, 0.15) is 0 Å². The van der Waals surface area contributed by atoms with Crippen LogP contribution < -0.4 is 25.8 Å². The molecule has 0 unspecified atom stereocenters. The van der Waals surface area contributed by atoms with Gasteiger partial charge in [-0.1, -0.05) is 12.1 Å². The van der Waals surface area contributed by atoms with E-state index in [2.05, 4.69) is 34.0 Å². The fourth-order valence-electron chi connectivity index (χ4n) is 4.20. The number of benzene rings is 1. The lowest BCUT2D eigenvalue weighted by Gasteiger charge is -2.27. The Bertz CT molecular complexity index is 1070. The van der Waals surface area contributed by atoms with Crippen LogP contribution in [0.4, 0.5) is 11.8 Å². The van der Waals surface area contributed by atoms with E-state index in [1.807, 2.05) is 24.5 Å². The first kappa shape index (κ1) is 27.8. The molecule has 2 aromatic heterocycles. The number of hydrogen-bond acceptors (Lipinski definition) is 8. The van der Waals surface area contributed by atoms with Crippen LogP contribution in [-0.2, 0) is 6.54 Å². The molecule has 4 rings (SSSR count). The summed E-state index contributed by atoms with van der Waals surface area (Å²) in [6, 6.07) is 6.70. The molecule has 1 fully saturated rings. The van der Waals surface area contributed by atoms with Crippen LogP contribution in [-0.4, -0.2) is 45.8 Å². The predicted molar refractivity (Wildman–Crippen MR) is 141 cm³/mol. The van der Waals surface area contributed by atoms with Gasteiger partial charge in [0.15, 0.2) is 28.5 Å². The van der Waals surface area contributed by atoms with Crippen LogP contribution in [0.5, 0.6) is 11.5 Å². The van der Waals surface area contributed by atoms with E-state index in [1.54, 1.807) is 14.2 Å². The second-order valence-corrected chi connectivity index (χ2v) is 8.58. The molecule has 0 bridgehead atoms. The van der Waals surface area contributed by atoms with Crippen molar-refractivity contribution in [3.63, 3.8) is 0 Å². The summed E-state index contributed by atoms with van der Waals surface area (Å²) in [5, 5.41) is 6.97. The lowest BCUT2D eigenvalue weighted by Crippen LogP contribution is -2.33. The molecule has 9 nitrogen and oxygen atoms in total. The van der Waals surface area contributed by atoms with Crippen LogP contribution in [0.15, 0.2) is 24.5 Å². The summed E-state index contributed by atoms with van der Waals surface area (Å²) in [6.45, 7) is 4.75. The molecule has 0 atom stereocenters. The molecular weight excluding hydrogens is 477 g/mol. The van der Waals surface area contributed by atoms with E-state index < -0.39 is 0 Å². The van der Waals surface area contributed by atoms with E-state index in [1.165, 1.54) is 0 Å². The number of para-hydroxylation sites is 1. The minimum atomic E-state index is 0. The van der Waals surface area contributed by atoms with Gasteiger partial charge in [-0.05, 0) is 45.6 Å². The molecule has 0 amide bonds. The zero-order valence-corrected chi connectivity index (χ0v) is 21.7. The molecule has 1 aromatic carbocycles. The highest BCUT2D eigenvalue weighted by atomic mass is 35.5. The number of fused-ring (bicyclic) bond motifs is 1. The molecule has 188 valence electrons. The summed E-state index contributed by atoms with van der Waals surface area (Å²) in [7, 11) is 3.28. The topological polar surface area (TPSA) is 112 Å². The molecule has 0 aliphatic heterocycles. The zero-order chi connectivity index (χ0) is 22.7. The summed E-state index contributed by atoms with van der Waals surface area (Å²) in [6.07, 6.45) is 5.91. The number of rotatable bonds is 8. The lowest BCUT2D eigenvalue weighted by molar-refractivity contribution is 0.352. The molecule has 3 aromatic rings. The first-order chi connectivity index (χ1) is 15.5. The number of nitrogens with one attached hydrogen (secondary N) is 2. The third-order valence-corrected chi connectivity index (χ3v) is 6.01. The summed E-state index contributed by atoms with van der Waals surface area (Å²) >= 11 is 0. The van der Waals surface area contributed by atoms with Gasteiger partial charge in [-0.3, -0.25) is 0 Å². The highest BCUT2D eigenvalue weighted by molar-refractivity contribution is 5.86. The SMILES string of the molecule is COc1cccc(CNc2nc(N[C@H]3CC[C@H](N)CC3)nc3c2ncn3C(C)C)c1OC.Cl.Cl. The number of nitrogens with zero attached hydrogens (tertiary/aromatic N) is 4. The smallest absolute Gasteiger partial charge is 0.227 e. The van der Waals surface area contributed by atoms with Gasteiger partial charge in [-0.2, -0.15) is 9.97 Å². The van der Waals surface area contributed by atoms with Crippen molar-refractivity contribution in [2.45, 2.75) is 64.2 Å². The third kappa shape index (κ3) is 5.95. The van der Waals surface area contributed by atoms with E-state index in [0.717, 1.165) is 42.4 Å². The standard InChI is InChI=1S/C23H33N7O2.2ClH/c1-14(2)30-13-26-19-21(25-12-15-6-5-7-18(31-3)20(15)32-4)28-23(29-22(19)30)27-17-10-8-16(24)9-11-17;;/h5-7,13-14,16-17H,8-12,24H2,1-4H3,(H2,25,27,28,29);2*1H/t16-,17-;;. The van der Waals surface area contributed by atoms with Crippen LogP contribution in [0.25, 0.3) is 11.2 Å². The second kappa shape index (κ2) is 12.3. The number of nitrogens with two attached hydrogens (primary N) is 1. The molecule has 0 saturated heterocycles. The summed E-state index contributed by atoms with van der Waals surface area (Å²) in [4.78, 5) is 14.2. The Morgan fingerprint density at radius 3 is 2.47 bits per heavy atom. The molecule has 0 radical (unpaired) electrons. The van der Waals surface area contributed by atoms with Gasteiger partial charge >= 0.3 is 0 Å². The number of aromatic nitrogens is 4. The summed E-state index contributed by atoms with van der Waals surface area (Å²) in [5.41, 5.74) is 8.59. The van der Waals surface area contributed by atoms with E-state index in [0.29, 0.717) is 41.9 Å². The molecule has 1 aliphatic rings. The van der Waals surface area contributed by atoms with Crippen LogP contribution in [0.1, 0.15) is 51.1 Å². The summed E-state index contributed by atoms with van der Waals surface area (Å²) < 4.78 is 13.1. The maximum atomic E-state index is 6.07. The Kier molecular flexibility index (Phi) is 10.0. The Balaban J connectivity index is 0.00000204. The van der Waals surface area contributed by atoms with Crippen molar-refractivity contribution in [3.8, 4) is 11.5 Å². The van der Waals surface area contributed by atoms with Gasteiger partial charge in [0.2, 0.25) is 5.95 Å². The second-order valence-electron chi connectivity index (χ2n) is 8.58. The van der Waals surface area contributed by atoms with Crippen LogP contribution in [0.3, 0.4) is 0 Å². The number of ether oxygens (including phenoxy) is 2. The van der Waals surface area contributed by atoms with Crippen molar-refractivity contribution in [2.24, 2.45) is 5.73 Å². The predicted octanol–water partition coefficient (Wildman–Crippen LogP) is 4.56. The Hall–Kier alpha value is -2.49. The van der Waals surface area contributed by atoms with Gasteiger partial charge in [0.05, 0.1) is 20.5 Å². The fourth-order valence-corrected chi connectivity index (χ4v) is 4.20. The lowest BCUT2D eigenvalue weighted by atomic mass is 9.92. The Morgan fingerprint density at radius 2 is 1.82 bits per heavy atom. The van der Waals surface area contributed by atoms with Crippen molar-refractivity contribution >= 4 is 47.7 Å². The largest absolute Gasteiger partial charge is 0.493 e. The number of hydrogen-bond donors (Lipinski definition) is 3. The maximum absolute atomic E-state index is 6.07. The van der Waals surface area contributed by atoms with Crippen molar-refractivity contribution < 1.29 is 9.47 Å². The van der Waals surface area contributed by atoms with Crippen LogP contribution in [0, 0.1) is 0 Å². The summed E-state index contributed by atoms with van der Waals surface area (Å²) in [5.74, 6) is 2.70. The molecule has 2 heterocycles. The van der Waals surface area contributed by atoms with E-state index in [9.17, 15) is 0 Å². The van der Waals surface area contributed by atoms with Gasteiger partial charge < -0.3 is 30.4 Å². The first-order valence-corrected chi connectivity index (χ1v) is 11.2. The minimum Gasteiger partial charge on any atom is -0.493 e. The number of anilines is 2. The third-order valence-electron chi connectivity index (χ3n) is 6.01. The quantitative estimate of drug-likeness (QED) is 0.403. The highest BCUT2D eigenvalue weighted by Gasteiger charge is 2.21. The van der Waals surface area contributed by atoms with Gasteiger partial charge in [0, 0.05) is 30.2 Å². The zero-order valence-electron chi connectivity index (χ0n) is 20.1. The van der Waals surface area contributed by atoms with Crippen molar-refractivity contribution in [2.75, 3.05) is 24.9 Å². The van der Waals surface area contributed by atoms with Gasteiger partial charge in [-0.15, -0.1) is 24.8 Å². The first-order valence-electron chi connectivity index (χ1n) is 11.2. The molecule has 4 N–H and O–H groups in total. The van der Waals surface area contributed by atoms with Crippen LogP contribution >= 0.6 is 24.8 Å². The highest BCUT2D eigenvalue weighted by Crippen LogP contribution is 2.32. The maximum Gasteiger partial charge on any atom is 0.227 e. The van der Waals surface area contributed by atoms with Crippen molar-refractivity contribution in [3.05, 3.63) is 30.1 Å². The average molecular weight is 512 g/mol. The number of imidazole rings is 1. The molecule has 11 heteroatoms. The van der Waals surface area contributed by atoms with E-state index >= 15 is 0 Å². The molecule has 1 saturated carbocycles. The molecule has 1 aliphatic carbocycles. The molecule has 34 heavy (non-hydrogen) atoms. The van der Waals surface area contributed by atoms with Crippen molar-refractivity contribution in [1.82, 2.24) is 19.5 Å². The number of halogens is 2. The fraction of sp³-hybridized carbons (Fsp3) is 0.522. The van der Waals surface area contributed by atoms with Crippen molar-refractivity contribution in [1.29, 1.82) is 0 Å². The number of methoxy groups -OCH3 is 2. The van der Waals surface area contributed by atoms with Crippen LogP contribution in [0.2, 0.25) is 0 Å². The van der Waals surface area contributed by atoms with E-state index in [4.69, 9.17) is 25.2 Å².